The minimum Gasteiger partial charge on any atom is -0.466 e. The lowest BCUT2D eigenvalue weighted by Crippen LogP contribution is -2.51. The number of alkyl carbamates (subject to hydrolysis) is 1. The van der Waals surface area contributed by atoms with E-state index in [0.29, 0.717) is 5.57 Å². The summed E-state index contributed by atoms with van der Waals surface area (Å²) in [6, 6.07) is 8.40. The number of hydrogen-bond donors (Lipinski definition) is 1. The fourth-order valence-corrected chi connectivity index (χ4v) is 3.99. The minimum absolute atomic E-state index is 0.143. The molecule has 1 aliphatic rings. The van der Waals surface area contributed by atoms with Crippen molar-refractivity contribution in [3.8, 4) is 6.07 Å². The topological polar surface area (TPSA) is 88.4 Å². The summed E-state index contributed by atoms with van der Waals surface area (Å²) in [5, 5.41) is 12.5. The van der Waals surface area contributed by atoms with Gasteiger partial charge in [-0.05, 0) is 76.3 Å². The predicted molar refractivity (Wildman–Crippen MR) is 125 cm³/mol. The summed E-state index contributed by atoms with van der Waals surface area (Å²) in [5.74, 6) is -1.74. The number of nitrogens with zero attached hydrogens (tertiary/aromatic N) is 1. The van der Waals surface area contributed by atoms with Gasteiger partial charge >= 0.3 is 12.1 Å². The summed E-state index contributed by atoms with van der Waals surface area (Å²) in [6.45, 7) is 12.2. The number of halogens is 1. The lowest BCUT2D eigenvalue weighted by Gasteiger charge is -2.38. The number of ether oxygens (including phenoxy) is 2. The Kier molecular flexibility index (Phi) is 8.07. The quantitative estimate of drug-likeness (QED) is 0.577. The summed E-state index contributed by atoms with van der Waals surface area (Å²) in [5.41, 5.74) is 0.322. The molecule has 1 aliphatic carbocycles. The zero-order chi connectivity index (χ0) is 25.0. The molecule has 1 aromatic rings. The molecular weight excluding hydrogens is 423 g/mol. The SMILES string of the molecule is CCOC(=O)CC(NC(=O)OC(C)(C)C)C1C=C(c2ccccc2C)C(C)=C(C)C1(F)C#N. The van der Waals surface area contributed by atoms with Gasteiger partial charge in [0.2, 0.25) is 5.67 Å². The van der Waals surface area contributed by atoms with Crippen LogP contribution in [0, 0.1) is 24.2 Å². The molecule has 178 valence electrons. The Hall–Kier alpha value is -3.14. The van der Waals surface area contributed by atoms with Gasteiger partial charge in [-0.2, -0.15) is 5.26 Å². The van der Waals surface area contributed by atoms with Crippen LogP contribution in [0.2, 0.25) is 0 Å². The highest BCUT2D eigenvalue weighted by atomic mass is 19.1. The predicted octanol–water partition coefficient (Wildman–Crippen LogP) is 5.42. The number of benzene rings is 1. The number of aryl methyl sites for hydroxylation is 1. The molecule has 3 atom stereocenters. The van der Waals surface area contributed by atoms with E-state index >= 15 is 4.39 Å². The fourth-order valence-electron chi connectivity index (χ4n) is 3.99. The summed E-state index contributed by atoms with van der Waals surface area (Å²) in [6.07, 6.45) is 0.538. The molecule has 0 saturated carbocycles. The second-order valence-corrected chi connectivity index (χ2v) is 9.26. The number of carbonyl (C=O) groups is 2. The summed E-state index contributed by atoms with van der Waals surface area (Å²) in [4.78, 5) is 24.9. The maximum atomic E-state index is 16.3. The number of esters is 1. The van der Waals surface area contributed by atoms with E-state index in [1.165, 1.54) is 0 Å². The first-order chi connectivity index (χ1) is 15.3. The van der Waals surface area contributed by atoms with E-state index in [0.717, 1.165) is 16.7 Å². The Labute approximate surface area is 195 Å². The molecule has 2 rings (SSSR count). The van der Waals surface area contributed by atoms with Crippen molar-refractivity contribution < 1.29 is 23.5 Å². The highest BCUT2D eigenvalue weighted by molar-refractivity contribution is 5.84. The molecular formula is C26H33FN2O4. The third-order valence-electron chi connectivity index (χ3n) is 5.74. The van der Waals surface area contributed by atoms with E-state index in [9.17, 15) is 14.9 Å². The number of amides is 1. The zero-order valence-corrected chi connectivity index (χ0v) is 20.4. The Bertz CT molecular complexity index is 1020. The highest BCUT2D eigenvalue weighted by Gasteiger charge is 2.49. The normalized spacial score (nSPS) is 21.5. The second-order valence-electron chi connectivity index (χ2n) is 9.26. The van der Waals surface area contributed by atoms with Gasteiger partial charge in [-0.1, -0.05) is 30.3 Å². The summed E-state index contributed by atoms with van der Waals surface area (Å²) in [7, 11) is 0. The molecule has 1 aromatic carbocycles. The maximum absolute atomic E-state index is 16.3. The van der Waals surface area contributed by atoms with Gasteiger partial charge in [-0.15, -0.1) is 0 Å². The molecule has 3 unspecified atom stereocenters. The van der Waals surface area contributed by atoms with Gasteiger partial charge in [0.05, 0.1) is 25.0 Å². The molecule has 6 nitrogen and oxygen atoms in total. The third kappa shape index (κ3) is 6.01. The number of alkyl halides is 1. The van der Waals surface area contributed by atoms with E-state index in [4.69, 9.17) is 9.47 Å². The lowest BCUT2D eigenvalue weighted by atomic mass is 9.70. The van der Waals surface area contributed by atoms with E-state index in [2.05, 4.69) is 5.32 Å². The monoisotopic (exact) mass is 456 g/mol. The fraction of sp³-hybridized carbons (Fsp3) is 0.500. The van der Waals surface area contributed by atoms with Crippen molar-refractivity contribution in [1.82, 2.24) is 5.32 Å². The molecule has 0 radical (unpaired) electrons. The van der Waals surface area contributed by atoms with Gasteiger partial charge in [0, 0.05) is 0 Å². The van der Waals surface area contributed by atoms with Gasteiger partial charge in [-0.3, -0.25) is 4.79 Å². The number of hydrogen-bond acceptors (Lipinski definition) is 5. The van der Waals surface area contributed by atoms with E-state index in [-0.39, 0.29) is 18.6 Å². The average Bonchev–Trinajstić information content (AvgIpc) is 2.71. The van der Waals surface area contributed by atoms with Crippen molar-refractivity contribution in [2.75, 3.05) is 6.61 Å². The molecule has 0 fully saturated rings. The molecule has 7 heteroatoms. The van der Waals surface area contributed by atoms with Crippen LogP contribution in [-0.2, 0) is 14.3 Å². The van der Waals surface area contributed by atoms with Crippen LogP contribution in [0.15, 0.2) is 41.5 Å². The maximum Gasteiger partial charge on any atom is 0.407 e. The van der Waals surface area contributed by atoms with Crippen molar-refractivity contribution >= 4 is 17.6 Å². The summed E-state index contributed by atoms with van der Waals surface area (Å²) < 4.78 is 26.7. The van der Waals surface area contributed by atoms with E-state index < -0.39 is 35.3 Å². The van der Waals surface area contributed by atoms with Crippen LogP contribution in [0.5, 0.6) is 0 Å². The number of nitriles is 1. The molecule has 0 heterocycles. The van der Waals surface area contributed by atoms with E-state index in [1.807, 2.05) is 31.2 Å². The molecule has 1 N–H and O–H groups in total. The first-order valence-corrected chi connectivity index (χ1v) is 11.1. The Morgan fingerprint density at radius 3 is 2.42 bits per heavy atom. The van der Waals surface area contributed by atoms with Crippen LogP contribution in [0.25, 0.3) is 5.57 Å². The van der Waals surface area contributed by atoms with Gasteiger partial charge < -0.3 is 14.8 Å². The first kappa shape index (κ1) is 26.1. The largest absolute Gasteiger partial charge is 0.466 e. The summed E-state index contributed by atoms with van der Waals surface area (Å²) >= 11 is 0. The second kappa shape index (κ2) is 10.2. The van der Waals surface area contributed by atoms with Crippen LogP contribution in [-0.4, -0.2) is 36.0 Å². The van der Waals surface area contributed by atoms with Crippen molar-refractivity contribution in [2.24, 2.45) is 5.92 Å². The number of carbonyl (C=O) groups excluding carboxylic acids is 2. The highest BCUT2D eigenvalue weighted by Crippen LogP contribution is 2.45. The Balaban J connectivity index is 2.61. The lowest BCUT2D eigenvalue weighted by molar-refractivity contribution is -0.144. The molecule has 0 bridgehead atoms. The van der Waals surface area contributed by atoms with Crippen LogP contribution in [0.1, 0.15) is 59.1 Å². The van der Waals surface area contributed by atoms with Crippen LogP contribution < -0.4 is 5.32 Å². The molecule has 0 aromatic heterocycles. The molecule has 0 aliphatic heterocycles. The van der Waals surface area contributed by atoms with Crippen LogP contribution in [0.4, 0.5) is 9.18 Å². The van der Waals surface area contributed by atoms with Crippen LogP contribution >= 0.6 is 0 Å². The molecule has 33 heavy (non-hydrogen) atoms. The van der Waals surface area contributed by atoms with Gasteiger partial charge in [0.1, 0.15) is 11.7 Å². The molecule has 0 saturated heterocycles. The number of allylic oxidation sites excluding steroid dienone is 3. The minimum atomic E-state index is -2.43. The standard InChI is InChI=1S/C26H33FN2O4/c1-8-32-23(30)14-22(29-24(31)33-25(5,6)7)21-13-20(19-12-10-9-11-16(19)2)17(3)18(4)26(21,27)15-28/h9-13,21-22H,8,14H2,1-7H3,(H,29,31). The Morgan fingerprint density at radius 2 is 1.88 bits per heavy atom. The number of nitrogens with one attached hydrogen (secondary N) is 1. The average molecular weight is 457 g/mol. The van der Waals surface area contributed by atoms with Crippen molar-refractivity contribution in [2.45, 2.75) is 72.2 Å². The first-order valence-electron chi connectivity index (χ1n) is 11.1. The van der Waals surface area contributed by atoms with E-state index in [1.54, 1.807) is 53.7 Å². The van der Waals surface area contributed by atoms with Gasteiger partial charge in [0.25, 0.3) is 0 Å². The van der Waals surface area contributed by atoms with Gasteiger partial charge in [-0.25, -0.2) is 9.18 Å². The molecule has 1 amide bonds. The van der Waals surface area contributed by atoms with Crippen molar-refractivity contribution in [1.29, 1.82) is 5.26 Å². The van der Waals surface area contributed by atoms with Crippen LogP contribution in [0.3, 0.4) is 0 Å². The smallest absolute Gasteiger partial charge is 0.407 e. The molecule has 0 spiro atoms. The third-order valence-corrected chi connectivity index (χ3v) is 5.74. The Morgan fingerprint density at radius 1 is 1.24 bits per heavy atom. The number of rotatable bonds is 6. The van der Waals surface area contributed by atoms with Gasteiger partial charge in [0.15, 0.2) is 0 Å². The van der Waals surface area contributed by atoms with Crippen molar-refractivity contribution in [3.05, 3.63) is 52.6 Å². The van der Waals surface area contributed by atoms with Crippen molar-refractivity contribution in [3.63, 3.8) is 0 Å². The zero-order valence-electron chi connectivity index (χ0n) is 20.4.